The zero-order chi connectivity index (χ0) is 81.4. The van der Waals surface area contributed by atoms with Gasteiger partial charge in [-0.2, -0.15) is 0 Å². The first-order chi connectivity index (χ1) is 45.4. The zero-order valence-corrected chi connectivity index (χ0v) is 80.1. The van der Waals surface area contributed by atoms with E-state index in [0.29, 0.717) is 0 Å². The Morgan fingerprint density at radius 3 is 0.822 bits per heavy atom. The van der Waals surface area contributed by atoms with Gasteiger partial charge in [0.2, 0.25) is 19.0 Å². The van der Waals surface area contributed by atoms with Gasteiger partial charge in [-0.15, -0.1) is 0 Å². The minimum Gasteiger partial charge on any atom is -0.333 e. The Kier molecular flexibility index (Phi) is 68.8. The van der Waals surface area contributed by atoms with Crippen LogP contribution >= 0.6 is 21.8 Å². The summed E-state index contributed by atoms with van der Waals surface area (Å²) in [5.74, 6) is 0. The Morgan fingerprint density at radius 1 is 0.386 bits per heavy atom. The molecule has 0 bridgehead atoms. The Bertz CT molecular complexity index is 2340. The van der Waals surface area contributed by atoms with Gasteiger partial charge in [0, 0.05) is 106 Å². The van der Waals surface area contributed by atoms with Gasteiger partial charge in [0.05, 0.1) is 241 Å². The third kappa shape index (κ3) is 121. The van der Waals surface area contributed by atoms with Crippen LogP contribution in [0, 0.1) is 0 Å². The molecule has 0 atom stereocenters. The van der Waals surface area contributed by atoms with Gasteiger partial charge in [0.25, 0.3) is 0 Å². The number of imidazole rings is 3. The van der Waals surface area contributed by atoms with Crippen molar-refractivity contribution in [1.82, 2.24) is 13.7 Å². The second kappa shape index (κ2) is 61.1. The summed E-state index contributed by atoms with van der Waals surface area (Å²) in [6, 6.07) is 17.5. The predicted molar refractivity (Wildman–Crippen MR) is 468 cm³/mol. The molecule has 101 heavy (non-hydrogen) atoms. The molecule has 5 aromatic rings. The molecule has 0 N–H and O–H groups in total. The van der Waals surface area contributed by atoms with Crippen LogP contribution in [0.3, 0.4) is 0 Å². The van der Waals surface area contributed by atoms with Crippen molar-refractivity contribution in [2.75, 3.05) is 260 Å². The summed E-state index contributed by atoms with van der Waals surface area (Å²) >= 11 is 0. The quantitative estimate of drug-likeness (QED) is 0.0568. The standard InChI is InChI=1S/C10H16N.C9H20N.2C6H11N2.C6H8N.3C6H16N.C6H16P.C5H9N2.C5H14N.C5H14P.C4H12N.C4H12P/c1-11(2,3)9-10-7-5-4-6-8-10;1-10(2,3)9-7-5-4-6-8-9;2*1-3-8-5-4-7(2)6-8;1-7-5-3-2-4-6-7;4*1-5-6-7(2,3)4;1-6-3-4-7(2)5-6;2*1-5-6(2,3)4;2*1-5(2,3)4/h4-8H,9H2,1-3H3;9H,4-8H2,1-3H3;2*4-6H,3H2,1-2H3;2-6H,1H3;4*5-6H2,1-4H3;3-5H,1-2H3;2*5H2,1-4H3;2*1-4H3/q14*+1. The van der Waals surface area contributed by atoms with Crippen LogP contribution in [0.1, 0.15) is 119 Å². The first-order valence-corrected chi connectivity index (χ1v) is 48.5. The molecule has 1 saturated carbocycles. The van der Waals surface area contributed by atoms with E-state index in [2.05, 4.69) is 342 Å². The lowest BCUT2D eigenvalue weighted by Crippen LogP contribution is -2.45. The van der Waals surface area contributed by atoms with E-state index in [0.717, 1.165) is 52.6 Å². The summed E-state index contributed by atoms with van der Waals surface area (Å²) in [5.41, 5.74) is 1.40. The molecule has 4 heterocycles. The van der Waals surface area contributed by atoms with Crippen LogP contribution in [0.2, 0.25) is 0 Å². The lowest BCUT2D eigenvalue weighted by molar-refractivity contribution is -0.897. The van der Waals surface area contributed by atoms with E-state index in [1.165, 1.54) is 106 Å². The summed E-state index contributed by atoms with van der Waals surface area (Å²) in [4.78, 5) is 0. The molecule has 0 unspecified atom stereocenters. The molecule has 6 rings (SSSR count). The highest BCUT2D eigenvalue weighted by molar-refractivity contribution is 7.74. The van der Waals surface area contributed by atoms with Gasteiger partial charge in [-0.1, -0.05) is 70.5 Å². The van der Waals surface area contributed by atoms with E-state index in [-0.39, 0.29) is 7.26 Å². The van der Waals surface area contributed by atoms with Crippen molar-refractivity contribution in [2.24, 2.45) is 35.2 Å². The highest BCUT2D eigenvalue weighted by atomic mass is 31.2. The number of hydrogen-bond acceptors (Lipinski definition) is 0. The van der Waals surface area contributed by atoms with E-state index < -0.39 is 14.5 Å². The number of quaternary nitrogens is 7. The predicted octanol–water partition coefficient (Wildman–Crippen LogP) is 15.0. The number of aromatic nitrogens is 7. The minimum atomic E-state index is -0.416. The largest absolute Gasteiger partial charge is 0.333 e. The van der Waals surface area contributed by atoms with Gasteiger partial charge in [-0.3, -0.25) is 0 Å². The minimum absolute atomic E-state index is 0.389. The first-order valence-electron chi connectivity index (χ1n) is 38.3. The fourth-order valence-corrected chi connectivity index (χ4v) is 9.45. The highest BCUT2D eigenvalue weighted by Crippen LogP contribution is 2.46. The summed E-state index contributed by atoms with van der Waals surface area (Å²) in [5, 5.41) is 0. The molecule has 0 aliphatic heterocycles. The molecule has 1 aromatic carbocycles. The number of rotatable bonds is 15. The van der Waals surface area contributed by atoms with Crippen LogP contribution in [0.15, 0.2) is 117 Å². The lowest BCUT2D eigenvalue weighted by atomic mass is 9.94. The third-order valence-electron chi connectivity index (χ3n) is 13.8. The van der Waals surface area contributed by atoms with Crippen molar-refractivity contribution in [3.05, 3.63) is 123 Å². The maximum absolute atomic E-state index is 2.39. The number of hydrogen-bond donors (Lipinski definition) is 0. The van der Waals surface area contributed by atoms with Crippen LogP contribution in [0.25, 0.3) is 0 Å². The lowest BCUT2D eigenvalue weighted by Gasteiger charge is -2.36. The molecular weight excluding hydrogens is 1300 g/mol. The number of pyridine rings is 1. The molecule has 598 valence electrons. The summed E-state index contributed by atoms with van der Waals surface area (Å²) in [7, 11) is 57.3. The molecule has 0 radical (unpaired) electrons. The second-order valence-corrected chi connectivity index (χ2v) is 53.7. The van der Waals surface area contributed by atoms with E-state index in [4.69, 9.17) is 0 Å². The first kappa shape index (κ1) is 114. The Hall–Kier alpha value is -2.99. The Labute approximate surface area is 638 Å². The van der Waals surface area contributed by atoms with Gasteiger partial charge in [-0.25, -0.2) is 32.0 Å². The highest BCUT2D eigenvalue weighted by Gasteiger charge is 2.25. The fourth-order valence-electron chi connectivity index (χ4n) is 8.11. The van der Waals surface area contributed by atoms with Crippen molar-refractivity contribution in [3.63, 3.8) is 0 Å². The molecule has 1 aliphatic rings. The normalized spacial score (nSPS) is 12.3. The Balaban J connectivity index is -0.000000155. The van der Waals surface area contributed by atoms with Crippen LogP contribution < -0.4 is 18.3 Å². The molecule has 1 aliphatic carbocycles. The van der Waals surface area contributed by atoms with Crippen LogP contribution in [0.4, 0.5) is 0 Å². The second-order valence-electron chi connectivity index (χ2n) is 38.1. The van der Waals surface area contributed by atoms with E-state index in [1.807, 2.05) is 120 Å². The number of aryl methyl sites for hydroxylation is 7. The van der Waals surface area contributed by atoms with E-state index in [9.17, 15) is 0 Å². The van der Waals surface area contributed by atoms with E-state index in [1.54, 1.807) is 0 Å². The molecule has 0 saturated heterocycles. The fraction of sp³-hybridized carbons (Fsp3) is 0.762. The molecule has 4 aromatic heterocycles. The summed E-state index contributed by atoms with van der Waals surface area (Å²) < 4.78 is 21.8. The van der Waals surface area contributed by atoms with Crippen LogP contribution in [-0.2, 0) is 54.9 Å². The smallest absolute Gasteiger partial charge is 0.243 e. The topological polar surface area (TPSA) is 30.3 Å². The maximum Gasteiger partial charge on any atom is 0.243 e. The van der Waals surface area contributed by atoms with Crippen molar-refractivity contribution >= 4 is 21.8 Å². The van der Waals surface area contributed by atoms with Gasteiger partial charge < -0.3 is 31.4 Å². The monoisotopic (exact) mass is 1490 g/mol. The molecule has 14 nitrogen and oxygen atoms in total. The van der Waals surface area contributed by atoms with Gasteiger partial charge in [-0.05, 0) is 79.1 Å². The number of benzene rings is 1. The Morgan fingerprint density at radius 2 is 0.693 bits per heavy atom. The van der Waals surface area contributed by atoms with Crippen LogP contribution in [-0.4, -0.2) is 311 Å². The number of nitrogens with zero attached hydrogens (tertiary/aromatic N) is 14. The zero-order valence-electron chi connectivity index (χ0n) is 77.4. The third-order valence-corrected chi connectivity index (χ3v) is 17.5. The molecular formula is C84H191N14P3+14. The van der Waals surface area contributed by atoms with Crippen molar-refractivity contribution < 1.29 is 49.6 Å². The molecule has 17 heteroatoms. The average molecular weight is 1490 g/mol. The molecule has 0 spiro atoms. The average Bonchev–Trinajstić information content (AvgIpc) is 1.73. The van der Waals surface area contributed by atoms with Crippen molar-refractivity contribution in [1.29, 1.82) is 0 Å². The van der Waals surface area contributed by atoms with E-state index >= 15 is 0 Å². The van der Waals surface area contributed by atoms with Crippen molar-refractivity contribution in [3.8, 4) is 0 Å². The van der Waals surface area contributed by atoms with Gasteiger partial charge in [0.15, 0.2) is 12.4 Å². The summed E-state index contributed by atoms with van der Waals surface area (Å²) in [6.07, 6.45) is 37.6. The molecule has 1 fully saturated rings. The van der Waals surface area contributed by atoms with Crippen molar-refractivity contribution in [2.45, 2.75) is 139 Å². The molecule has 0 amide bonds. The van der Waals surface area contributed by atoms with Gasteiger partial charge >= 0.3 is 0 Å². The SMILES string of the molecule is CCC[N+](C)(C)C.CCC[N+](C)(C)C.CCC[N+](C)(C)C.CCC[P+](C)(C)C.CC[N+](C)(C)C.CC[P+](C)(C)C.CCn1cc[n+](C)c1.CCn1cc[n+](C)c1.C[N+](C)(C)C.C[N+](C)(C)C1CCCCC1.C[N+](C)(C)Cc1ccccc1.C[P+](C)(C)C.C[n+]1ccccc1.Cn1cc[n+](C)c1. The maximum atomic E-state index is 2.39. The summed E-state index contributed by atoms with van der Waals surface area (Å²) in [6.45, 7) is 49.2. The van der Waals surface area contributed by atoms with Crippen LogP contribution in [0.5, 0.6) is 0 Å². The van der Waals surface area contributed by atoms with Gasteiger partial charge in [0.1, 0.15) is 50.8 Å².